The lowest BCUT2D eigenvalue weighted by Gasteiger charge is -2.28. The first-order valence-corrected chi connectivity index (χ1v) is 12.7. The fourth-order valence-electron chi connectivity index (χ4n) is 4.82. The number of aryl methyl sites for hydroxylation is 1. The van der Waals surface area contributed by atoms with Crippen LogP contribution < -0.4 is 0 Å². The minimum Gasteiger partial charge on any atom is -0.103 e. The molecule has 3 aromatic rings. The Morgan fingerprint density at radius 1 is 0.697 bits per heavy atom. The molecule has 168 valence electrons. The predicted octanol–water partition coefficient (Wildman–Crippen LogP) is 9.11. The molecule has 1 aliphatic rings. The molecule has 0 radical (unpaired) electrons. The average Bonchev–Trinajstić information content (AvgIpc) is 2.87. The molecular formula is C32H33Cl. The number of hydrogen-bond donors (Lipinski definition) is 0. The normalized spacial score (nSPS) is 17.7. The van der Waals surface area contributed by atoms with Crippen molar-refractivity contribution in [2.45, 2.75) is 51.4 Å². The van der Waals surface area contributed by atoms with Gasteiger partial charge >= 0.3 is 0 Å². The molecule has 0 heterocycles. The fraction of sp³-hybridized carbons (Fsp3) is 0.312. The van der Waals surface area contributed by atoms with Crippen LogP contribution in [-0.4, -0.2) is 0 Å². The van der Waals surface area contributed by atoms with Crippen molar-refractivity contribution in [1.29, 1.82) is 0 Å². The summed E-state index contributed by atoms with van der Waals surface area (Å²) in [5.74, 6) is 8.27. The third kappa shape index (κ3) is 7.12. The Balaban J connectivity index is 1.28. The second kappa shape index (κ2) is 11.9. The van der Waals surface area contributed by atoms with Gasteiger partial charge in [0.15, 0.2) is 0 Å². The lowest BCUT2D eigenvalue weighted by Crippen LogP contribution is -2.15. The summed E-state index contributed by atoms with van der Waals surface area (Å²) >= 11 is 5.94. The van der Waals surface area contributed by atoms with Gasteiger partial charge in [0.2, 0.25) is 0 Å². The topological polar surface area (TPSA) is 0 Å². The number of halogens is 1. The Bertz CT molecular complexity index is 1070. The third-order valence-corrected chi connectivity index (χ3v) is 7.21. The highest BCUT2D eigenvalue weighted by Crippen LogP contribution is 2.34. The van der Waals surface area contributed by atoms with Crippen molar-refractivity contribution < 1.29 is 0 Å². The standard InChI is InChI=1S/C32H33Cl/c1-2-3-4-25-5-7-26(8-6-25)9-10-27-13-19-30(20-14-27)31-21-15-28(16-22-31)11-12-29-17-23-32(33)24-18-29/h2,13-26H,1,3-10H2. The van der Waals surface area contributed by atoms with Crippen LogP contribution in [0.2, 0.25) is 5.02 Å². The van der Waals surface area contributed by atoms with Crippen molar-refractivity contribution in [3.05, 3.63) is 107 Å². The van der Waals surface area contributed by atoms with E-state index in [-0.39, 0.29) is 0 Å². The quantitative estimate of drug-likeness (QED) is 0.247. The van der Waals surface area contributed by atoms with E-state index in [1.54, 1.807) is 0 Å². The summed E-state index contributed by atoms with van der Waals surface area (Å²) in [5, 5.41) is 0.734. The molecule has 4 rings (SSSR count). The van der Waals surface area contributed by atoms with Gasteiger partial charge in [-0.25, -0.2) is 0 Å². The van der Waals surface area contributed by atoms with Crippen LogP contribution in [-0.2, 0) is 6.42 Å². The highest BCUT2D eigenvalue weighted by molar-refractivity contribution is 6.30. The number of hydrogen-bond acceptors (Lipinski definition) is 0. The summed E-state index contributed by atoms with van der Waals surface area (Å²) < 4.78 is 0. The van der Waals surface area contributed by atoms with Gasteiger partial charge < -0.3 is 0 Å². The van der Waals surface area contributed by atoms with Crippen molar-refractivity contribution >= 4 is 11.6 Å². The number of benzene rings is 3. The maximum atomic E-state index is 5.94. The maximum absolute atomic E-state index is 5.94. The monoisotopic (exact) mass is 452 g/mol. The Labute approximate surface area is 204 Å². The second-order valence-corrected chi connectivity index (χ2v) is 9.76. The molecule has 1 aliphatic carbocycles. The summed E-state index contributed by atoms with van der Waals surface area (Å²) in [4.78, 5) is 0. The Hall–Kier alpha value is -2.75. The van der Waals surface area contributed by atoms with E-state index in [0.29, 0.717) is 0 Å². The molecule has 0 saturated heterocycles. The molecule has 0 spiro atoms. The average molecular weight is 453 g/mol. The van der Waals surface area contributed by atoms with Gasteiger partial charge in [0.1, 0.15) is 0 Å². The van der Waals surface area contributed by atoms with Crippen LogP contribution in [0.15, 0.2) is 85.5 Å². The summed E-state index contributed by atoms with van der Waals surface area (Å²) in [7, 11) is 0. The van der Waals surface area contributed by atoms with Gasteiger partial charge in [-0.3, -0.25) is 0 Å². The highest BCUT2D eigenvalue weighted by Gasteiger charge is 2.20. The summed E-state index contributed by atoms with van der Waals surface area (Å²) in [6.07, 6.45) is 12.8. The summed E-state index contributed by atoms with van der Waals surface area (Å²) in [5.41, 5.74) is 5.94. The van der Waals surface area contributed by atoms with Gasteiger partial charge in [0.25, 0.3) is 0 Å². The van der Waals surface area contributed by atoms with E-state index >= 15 is 0 Å². The Kier molecular flexibility index (Phi) is 8.46. The minimum absolute atomic E-state index is 0.734. The van der Waals surface area contributed by atoms with Gasteiger partial charge in [0.05, 0.1) is 0 Å². The van der Waals surface area contributed by atoms with Crippen LogP contribution in [0.1, 0.15) is 61.6 Å². The molecule has 0 unspecified atom stereocenters. The van der Waals surface area contributed by atoms with E-state index in [9.17, 15) is 0 Å². The highest BCUT2D eigenvalue weighted by atomic mass is 35.5. The molecule has 33 heavy (non-hydrogen) atoms. The molecule has 1 fully saturated rings. The number of allylic oxidation sites excluding steroid dienone is 1. The van der Waals surface area contributed by atoms with Crippen LogP contribution in [0.4, 0.5) is 0 Å². The molecule has 3 aromatic carbocycles. The minimum atomic E-state index is 0.734. The summed E-state index contributed by atoms with van der Waals surface area (Å²) in [6, 6.07) is 25.3. The molecule has 1 saturated carbocycles. The van der Waals surface area contributed by atoms with Crippen LogP contribution in [0.3, 0.4) is 0 Å². The molecule has 0 aliphatic heterocycles. The maximum Gasteiger partial charge on any atom is 0.0406 e. The van der Waals surface area contributed by atoms with Gasteiger partial charge in [-0.2, -0.15) is 0 Å². The van der Waals surface area contributed by atoms with Crippen molar-refractivity contribution in [1.82, 2.24) is 0 Å². The van der Waals surface area contributed by atoms with E-state index in [1.165, 1.54) is 68.1 Å². The smallest absolute Gasteiger partial charge is 0.0406 e. The number of rotatable bonds is 7. The van der Waals surface area contributed by atoms with E-state index < -0.39 is 0 Å². The van der Waals surface area contributed by atoms with Crippen LogP contribution in [0.5, 0.6) is 0 Å². The van der Waals surface area contributed by atoms with E-state index in [0.717, 1.165) is 28.0 Å². The molecule has 0 amide bonds. The molecule has 0 N–H and O–H groups in total. The molecule has 0 atom stereocenters. The first-order chi connectivity index (χ1) is 16.2. The molecular weight excluding hydrogens is 420 g/mol. The third-order valence-electron chi connectivity index (χ3n) is 6.95. The summed E-state index contributed by atoms with van der Waals surface area (Å²) in [6.45, 7) is 3.86. The zero-order valence-electron chi connectivity index (χ0n) is 19.4. The van der Waals surface area contributed by atoms with Gasteiger partial charge in [-0.15, -0.1) is 6.58 Å². The lowest BCUT2D eigenvalue weighted by atomic mass is 9.78. The predicted molar refractivity (Wildman–Crippen MR) is 143 cm³/mol. The molecule has 0 aromatic heterocycles. The lowest BCUT2D eigenvalue weighted by molar-refractivity contribution is 0.254. The molecule has 1 heteroatoms. The second-order valence-electron chi connectivity index (χ2n) is 9.32. The van der Waals surface area contributed by atoms with Crippen molar-refractivity contribution in [2.24, 2.45) is 11.8 Å². The van der Waals surface area contributed by atoms with Crippen LogP contribution >= 0.6 is 11.6 Å². The van der Waals surface area contributed by atoms with E-state index in [2.05, 4.69) is 73.0 Å². The van der Waals surface area contributed by atoms with Gasteiger partial charge in [0, 0.05) is 16.1 Å². The van der Waals surface area contributed by atoms with Gasteiger partial charge in [-0.05, 0) is 90.6 Å². The molecule has 0 nitrogen and oxygen atoms in total. The van der Waals surface area contributed by atoms with Crippen LogP contribution in [0.25, 0.3) is 11.1 Å². The Morgan fingerprint density at radius 2 is 1.18 bits per heavy atom. The fourth-order valence-corrected chi connectivity index (χ4v) is 4.95. The largest absolute Gasteiger partial charge is 0.103 e. The molecule has 0 bridgehead atoms. The Morgan fingerprint density at radius 3 is 1.73 bits per heavy atom. The zero-order valence-corrected chi connectivity index (χ0v) is 20.2. The van der Waals surface area contributed by atoms with E-state index in [4.69, 9.17) is 11.6 Å². The first-order valence-electron chi connectivity index (χ1n) is 12.3. The van der Waals surface area contributed by atoms with Crippen LogP contribution in [0, 0.1) is 23.7 Å². The van der Waals surface area contributed by atoms with Crippen molar-refractivity contribution in [3.63, 3.8) is 0 Å². The van der Waals surface area contributed by atoms with Crippen molar-refractivity contribution in [2.75, 3.05) is 0 Å². The zero-order chi connectivity index (χ0) is 22.9. The van der Waals surface area contributed by atoms with E-state index in [1.807, 2.05) is 24.3 Å². The SMILES string of the molecule is C=CCCC1CCC(CCc2ccc(-c3ccc(C#Cc4ccc(Cl)cc4)cc3)cc2)CC1. The van der Waals surface area contributed by atoms with Gasteiger partial charge in [-0.1, -0.05) is 91.6 Å². The first kappa shape index (κ1) is 23.4. The van der Waals surface area contributed by atoms with Crippen molar-refractivity contribution in [3.8, 4) is 23.0 Å².